The largest absolute Gasteiger partial charge is 0.516 e. The predicted octanol–water partition coefficient (Wildman–Crippen LogP) is 5.26. The molecule has 1 heterocycles. The Morgan fingerprint density at radius 1 is 1.33 bits per heavy atom. The topological polar surface area (TPSA) is 74.7 Å². The molecule has 0 radical (unpaired) electrons. The van der Waals surface area contributed by atoms with Gasteiger partial charge in [0.1, 0.15) is 11.3 Å². The maximum absolute atomic E-state index is 14.6. The van der Waals surface area contributed by atoms with E-state index < -0.39 is 17.9 Å². The zero-order valence-corrected chi connectivity index (χ0v) is 17.1. The van der Waals surface area contributed by atoms with Crippen LogP contribution in [0.1, 0.15) is 24.2 Å². The molecule has 0 fully saturated rings. The number of rotatable bonds is 5. The zero-order chi connectivity index (χ0) is 20.1. The minimum atomic E-state index is -1.18. The Balaban J connectivity index is 2.34. The summed E-state index contributed by atoms with van der Waals surface area (Å²) >= 11 is 9.43. The zero-order valence-electron chi connectivity index (χ0n) is 14.7. The van der Waals surface area contributed by atoms with Crippen molar-refractivity contribution in [3.8, 4) is 17.1 Å². The van der Waals surface area contributed by atoms with Crippen LogP contribution in [0.2, 0.25) is 5.02 Å². The lowest BCUT2D eigenvalue weighted by molar-refractivity contribution is 0.0347. The first-order valence-electron chi connectivity index (χ1n) is 7.82. The van der Waals surface area contributed by atoms with E-state index in [0.29, 0.717) is 10.0 Å². The van der Waals surface area contributed by atoms with E-state index in [1.54, 1.807) is 18.2 Å². The van der Waals surface area contributed by atoms with Gasteiger partial charge >= 0.3 is 12.1 Å². The van der Waals surface area contributed by atoms with Gasteiger partial charge in [-0.15, -0.1) is 0 Å². The van der Waals surface area contributed by atoms with Gasteiger partial charge in [-0.1, -0.05) is 37.6 Å². The van der Waals surface area contributed by atoms with Gasteiger partial charge in [0, 0.05) is 10.0 Å². The number of ether oxygens (including phenoxy) is 3. The summed E-state index contributed by atoms with van der Waals surface area (Å²) in [6.07, 6.45) is -1.18. The first-order chi connectivity index (χ1) is 12.7. The first kappa shape index (κ1) is 21.1. The van der Waals surface area contributed by atoms with Gasteiger partial charge in [-0.25, -0.2) is 19.0 Å². The highest BCUT2D eigenvalue weighted by molar-refractivity contribution is 9.10. The predicted molar refractivity (Wildman–Crippen MR) is 100 cm³/mol. The van der Waals surface area contributed by atoms with Crippen LogP contribution in [0.15, 0.2) is 28.7 Å². The van der Waals surface area contributed by atoms with E-state index in [0.717, 1.165) is 6.07 Å². The molecule has 144 valence electrons. The van der Waals surface area contributed by atoms with E-state index in [2.05, 4.69) is 25.7 Å². The summed E-state index contributed by atoms with van der Waals surface area (Å²) in [6.45, 7) is 3.72. The second-order valence-corrected chi connectivity index (χ2v) is 7.05. The normalized spacial score (nSPS) is 10.6. The van der Waals surface area contributed by atoms with E-state index in [-0.39, 0.29) is 34.7 Å². The highest BCUT2D eigenvalue weighted by Crippen LogP contribution is 2.35. The average molecular weight is 461 g/mol. The number of carbonyl (C=O) groups is 2. The highest BCUT2D eigenvalue weighted by Gasteiger charge is 2.24. The van der Waals surface area contributed by atoms with Crippen LogP contribution in [0.25, 0.3) is 11.3 Å². The lowest BCUT2D eigenvalue weighted by atomic mass is 10.1. The molecule has 2 rings (SSSR count). The third kappa shape index (κ3) is 5.17. The van der Waals surface area contributed by atoms with Gasteiger partial charge in [0.15, 0.2) is 5.82 Å². The standard InChI is InChI=1S/C18H16BrClFNO5/c1-9(2)8-26-18(24)27-17(23)11-7-13(21)15(22-16(11)25-3)10-5-4-6-12(19)14(10)20/h4-7,9H,8H2,1-3H3. The summed E-state index contributed by atoms with van der Waals surface area (Å²) in [4.78, 5) is 27.7. The number of hydrogen-bond acceptors (Lipinski definition) is 6. The van der Waals surface area contributed by atoms with E-state index in [9.17, 15) is 14.0 Å². The molecule has 2 aromatic rings. The fraction of sp³-hybridized carbons (Fsp3) is 0.278. The molecule has 0 aliphatic carbocycles. The maximum atomic E-state index is 14.6. The van der Waals surface area contributed by atoms with E-state index in [1.165, 1.54) is 7.11 Å². The number of carbonyl (C=O) groups excluding carboxylic acids is 2. The molecule has 0 aliphatic rings. The second kappa shape index (κ2) is 9.14. The molecule has 0 saturated heterocycles. The van der Waals surface area contributed by atoms with Crippen LogP contribution in [-0.2, 0) is 9.47 Å². The number of methoxy groups -OCH3 is 1. The summed E-state index contributed by atoms with van der Waals surface area (Å²) in [5, 5.41) is 0.249. The van der Waals surface area contributed by atoms with Gasteiger partial charge in [-0.2, -0.15) is 0 Å². The monoisotopic (exact) mass is 459 g/mol. The number of aromatic nitrogens is 1. The Morgan fingerprint density at radius 3 is 2.67 bits per heavy atom. The molecule has 0 unspecified atom stereocenters. The fourth-order valence-corrected chi connectivity index (χ4v) is 2.63. The molecule has 0 N–H and O–H groups in total. The lowest BCUT2D eigenvalue weighted by Gasteiger charge is -2.12. The Labute approximate surface area is 168 Å². The number of benzene rings is 1. The van der Waals surface area contributed by atoms with Gasteiger partial charge in [0.2, 0.25) is 5.88 Å². The van der Waals surface area contributed by atoms with Crippen molar-refractivity contribution in [2.45, 2.75) is 13.8 Å². The van der Waals surface area contributed by atoms with Crippen molar-refractivity contribution in [2.75, 3.05) is 13.7 Å². The number of nitrogens with zero attached hydrogens (tertiary/aromatic N) is 1. The smallest absolute Gasteiger partial charge is 0.480 e. The summed E-state index contributed by atoms with van der Waals surface area (Å²) in [6, 6.07) is 5.79. The minimum Gasteiger partial charge on any atom is -0.480 e. The van der Waals surface area contributed by atoms with Crippen molar-refractivity contribution < 1.29 is 28.2 Å². The second-order valence-electron chi connectivity index (χ2n) is 5.82. The third-order valence-corrected chi connectivity index (χ3v) is 4.57. The molecule has 0 saturated carbocycles. The van der Waals surface area contributed by atoms with Crippen LogP contribution in [-0.4, -0.2) is 30.8 Å². The van der Waals surface area contributed by atoms with Crippen LogP contribution in [0.3, 0.4) is 0 Å². The van der Waals surface area contributed by atoms with Gasteiger partial charge in [0.25, 0.3) is 0 Å². The Hall–Kier alpha value is -2.19. The molecular formula is C18H16BrClFNO5. The summed E-state index contributed by atoms with van der Waals surface area (Å²) in [7, 11) is 1.25. The van der Waals surface area contributed by atoms with Gasteiger partial charge in [-0.05, 0) is 34.0 Å². The number of esters is 1. The maximum Gasteiger partial charge on any atom is 0.516 e. The summed E-state index contributed by atoms with van der Waals surface area (Å²) < 4.78 is 29.5. The van der Waals surface area contributed by atoms with Gasteiger partial charge in [0.05, 0.1) is 18.7 Å². The number of hydrogen-bond donors (Lipinski definition) is 0. The molecule has 0 spiro atoms. The number of halogens is 3. The molecule has 1 aromatic heterocycles. The van der Waals surface area contributed by atoms with Crippen LogP contribution in [0, 0.1) is 11.7 Å². The average Bonchev–Trinajstić information content (AvgIpc) is 2.62. The fourth-order valence-electron chi connectivity index (χ4n) is 2.04. The van der Waals surface area contributed by atoms with Gasteiger partial charge in [-0.3, -0.25) is 0 Å². The van der Waals surface area contributed by atoms with Crippen molar-refractivity contribution >= 4 is 39.7 Å². The molecule has 9 heteroatoms. The first-order valence-corrected chi connectivity index (χ1v) is 8.99. The molecule has 1 aromatic carbocycles. The van der Waals surface area contributed by atoms with Gasteiger partial charge < -0.3 is 14.2 Å². The molecule has 0 bridgehead atoms. The molecule has 27 heavy (non-hydrogen) atoms. The van der Waals surface area contributed by atoms with E-state index >= 15 is 0 Å². The van der Waals surface area contributed by atoms with Crippen LogP contribution >= 0.6 is 27.5 Å². The van der Waals surface area contributed by atoms with Crippen molar-refractivity contribution in [2.24, 2.45) is 5.92 Å². The van der Waals surface area contributed by atoms with E-state index in [4.69, 9.17) is 21.1 Å². The van der Waals surface area contributed by atoms with E-state index in [1.807, 2.05) is 13.8 Å². The Kier molecular flexibility index (Phi) is 7.15. The molecule has 0 amide bonds. The minimum absolute atomic E-state index is 0.0653. The lowest BCUT2D eigenvalue weighted by Crippen LogP contribution is -2.17. The number of pyridine rings is 1. The quantitative estimate of drug-likeness (QED) is 0.447. The van der Waals surface area contributed by atoms with Crippen molar-refractivity contribution in [1.29, 1.82) is 0 Å². The summed E-state index contributed by atoms with van der Waals surface area (Å²) in [5.41, 5.74) is -0.165. The Bertz CT molecular complexity index is 875. The van der Waals surface area contributed by atoms with Crippen molar-refractivity contribution in [3.05, 3.63) is 45.1 Å². The Morgan fingerprint density at radius 2 is 2.04 bits per heavy atom. The molecular weight excluding hydrogens is 445 g/mol. The molecule has 0 atom stereocenters. The summed E-state index contributed by atoms with van der Waals surface area (Å²) in [5.74, 6) is -2.13. The van der Waals surface area contributed by atoms with Crippen molar-refractivity contribution in [1.82, 2.24) is 4.98 Å². The molecule has 6 nitrogen and oxygen atoms in total. The molecule has 0 aliphatic heterocycles. The van der Waals surface area contributed by atoms with Crippen LogP contribution in [0.5, 0.6) is 5.88 Å². The van der Waals surface area contributed by atoms with Crippen LogP contribution < -0.4 is 4.74 Å². The van der Waals surface area contributed by atoms with Crippen molar-refractivity contribution in [3.63, 3.8) is 0 Å². The highest BCUT2D eigenvalue weighted by atomic mass is 79.9. The SMILES string of the molecule is COc1nc(-c2cccc(Br)c2Cl)c(F)cc1C(=O)OC(=O)OCC(C)C. The third-order valence-electron chi connectivity index (χ3n) is 3.27. The van der Waals surface area contributed by atoms with Crippen LogP contribution in [0.4, 0.5) is 9.18 Å².